The lowest BCUT2D eigenvalue weighted by atomic mass is 10.1. The molecule has 1 fully saturated rings. The number of para-hydroxylation sites is 1. The summed E-state index contributed by atoms with van der Waals surface area (Å²) in [6, 6.07) is 6.76. The quantitative estimate of drug-likeness (QED) is 0.718. The van der Waals surface area contributed by atoms with Crippen LogP contribution in [0.15, 0.2) is 30.5 Å². The third kappa shape index (κ3) is 1.39. The van der Waals surface area contributed by atoms with Crippen LogP contribution in [0.2, 0.25) is 0 Å². The Balaban J connectivity index is 2.18. The van der Waals surface area contributed by atoms with Crippen molar-refractivity contribution < 1.29 is 9.59 Å². The summed E-state index contributed by atoms with van der Waals surface area (Å²) in [5.41, 5.74) is 1.86. The van der Waals surface area contributed by atoms with Crippen LogP contribution in [0, 0.1) is 0 Å². The van der Waals surface area contributed by atoms with Crippen molar-refractivity contribution in [1.29, 1.82) is 0 Å². The van der Waals surface area contributed by atoms with E-state index in [1.807, 2.05) is 42.1 Å². The molecule has 5 nitrogen and oxygen atoms in total. The lowest BCUT2D eigenvalue weighted by Crippen LogP contribution is -2.22. The van der Waals surface area contributed by atoms with E-state index in [1.54, 1.807) is 0 Å². The van der Waals surface area contributed by atoms with Gasteiger partial charge in [0.1, 0.15) is 6.04 Å². The Labute approximate surface area is 97.4 Å². The molecule has 2 N–H and O–H groups in total. The first-order valence-corrected chi connectivity index (χ1v) is 5.32. The summed E-state index contributed by atoms with van der Waals surface area (Å²) >= 11 is 0. The molecule has 2 heterocycles. The Morgan fingerprint density at radius 1 is 1.24 bits per heavy atom. The van der Waals surface area contributed by atoms with Crippen LogP contribution in [0.1, 0.15) is 11.6 Å². The molecule has 3 rings (SSSR count). The first kappa shape index (κ1) is 9.89. The molecule has 86 valence electrons. The normalized spacial score (nSPS) is 19.5. The van der Waals surface area contributed by atoms with Gasteiger partial charge in [-0.25, -0.2) is 4.79 Å². The average Bonchev–Trinajstić information content (AvgIpc) is 2.80. The summed E-state index contributed by atoms with van der Waals surface area (Å²) in [5.74, 6) is -0.300. The summed E-state index contributed by atoms with van der Waals surface area (Å²) in [7, 11) is 1.92. The van der Waals surface area contributed by atoms with E-state index in [-0.39, 0.29) is 5.91 Å². The second kappa shape index (κ2) is 3.35. The summed E-state index contributed by atoms with van der Waals surface area (Å²) in [6.07, 6.45) is 1.88. The zero-order valence-corrected chi connectivity index (χ0v) is 9.23. The second-order valence-electron chi connectivity index (χ2n) is 4.11. The number of urea groups is 1. The van der Waals surface area contributed by atoms with Gasteiger partial charge in [0.2, 0.25) is 0 Å². The van der Waals surface area contributed by atoms with Gasteiger partial charge in [0.15, 0.2) is 0 Å². The Hall–Kier alpha value is -2.30. The topological polar surface area (TPSA) is 63.1 Å². The molecular formula is C12H11N3O2. The average molecular weight is 229 g/mol. The van der Waals surface area contributed by atoms with Crippen LogP contribution in [-0.2, 0) is 11.8 Å². The fraction of sp³-hybridized carbons (Fsp3) is 0.167. The maximum absolute atomic E-state index is 11.6. The van der Waals surface area contributed by atoms with Crippen LogP contribution in [-0.4, -0.2) is 16.5 Å². The van der Waals surface area contributed by atoms with Crippen LogP contribution in [0.25, 0.3) is 10.9 Å². The highest BCUT2D eigenvalue weighted by Crippen LogP contribution is 2.27. The number of imide groups is 1. The van der Waals surface area contributed by atoms with Crippen LogP contribution >= 0.6 is 0 Å². The first-order valence-electron chi connectivity index (χ1n) is 5.32. The van der Waals surface area contributed by atoms with E-state index >= 15 is 0 Å². The van der Waals surface area contributed by atoms with E-state index < -0.39 is 12.1 Å². The summed E-state index contributed by atoms with van der Waals surface area (Å²) < 4.78 is 1.95. The van der Waals surface area contributed by atoms with E-state index in [0.717, 1.165) is 16.5 Å². The number of fused-ring (bicyclic) bond motifs is 1. The van der Waals surface area contributed by atoms with Crippen molar-refractivity contribution in [2.45, 2.75) is 6.04 Å². The molecule has 0 radical (unpaired) electrons. The molecule has 5 heteroatoms. The number of hydrogen-bond donors (Lipinski definition) is 2. The number of benzene rings is 1. The van der Waals surface area contributed by atoms with Crippen LogP contribution in [0.4, 0.5) is 4.79 Å². The largest absolute Gasteiger partial charge is 0.350 e. The smallest absolute Gasteiger partial charge is 0.322 e. The lowest BCUT2D eigenvalue weighted by Gasteiger charge is -2.04. The van der Waals surface area contributed by atoms with Gasteiger partial charge >= 0.3 is 6.03 Å². The molecular weight excluding hydrogens is 218 g/mol. The minimum Gasteiger partial charge on any atom is -0.350 e. The predicted octanol–water partition coefficient (Wildman–Crippen LogP) is 1.06. The Morgan fingerprint density at radius 3 is 2.71 bits per heavy atom. The summed E-state index contributed by atoms with van der Waals surface area (Å²) in [4.78, 5) is 22.8. The van der Waals surface area contributed by atoms with Gasteiger partial charge in [-0.2, -0.15) is 0 Å². The van der Waals surface area contributed by atoms with Crippen LogP contribution in [0.5, 0.6) is 0 Å². The second-order valence-corrected chi connectivity index (χ2v) is 4.11. The van der Waals surface area contributed by atoms with Gasteiger partial charge in [-0.05, 0) is 6.07 Å². The van der Waals surface area contributed by atoms with Crippen molar-refractivity contribution in [3.8, 4) is 0 Å². The molecule has 0 aliphatic carbocycles. The number of carbonyl (C=O) groups excluding carboxylic acids is 2. The Kier molecular flexibility index (Phi) is 1.95. The van der Waals surface area contributed by atoms with Gasteiger partial charge in [-0.1, -0.05) is 18.2 Å². The highest BCUT2D eigenvalue weighted by atomic mass is 16.2. The predicted molar refractivity (Wildman–Crippen MR) is 62.3 cm³/mol. The number of nitrogens with zero attached hydrogens (tertiary/aromatic N) is 1. The molecule has 1 saturated heterocycles. The third-order valence-electron chi connectivity index (χ3n) is 3.01. The molecule has 0 spiro atoms. The van der Waals surface area contributed by atoms with Gasteiger partial charge < -0.3 is 9.88 Å². The number of nitrogens with one attached hydrogen (secondary N) is 2. The van der Waals surface area contributed by atoms with Crippen molar-refractivity contribution in [3.63, 3.8) is 0 Å². The van der Waals surface area contributed by atoms with Crippen LogP contribution < -0.4 is 10.6 Å². The van der Waals surface area contributed by atoms with Crippen molar-refractivity contribution in [2.75, 3.05) is 0 Å². The van der Waals surface area contributed by atoms with Crippen molar-refractivity contribution in [3.05, 3.63) is 36.0 Å². The molecule has 1 aromatic carbocycles. The van der Waals surface area contributed by atoms with Crippen LogP contribution in [0.3, 0.4) is 0 Å². The fourth-order valence-electron chi connectivity index (χ4n) is 2.24. The molecule has 1 atom stereocenters. The molecule has 1 aromatic heterocycles. The lowest BCUT2D eigenvalue weighted by molar-refractivity contribution is -0.120. The molecule has 1 unspecified atom stereocenters. The van der Waals surface area contributed by atoms with Gasteiger partial charge in [0, 0.05) is 29.7 Å². The van der Waals surface area contributed by atoms with Crippen molar-refractivity contribution in [1.82, 2.24) is 15.2 Å². The van der Waals surface area contributed by atoms with Gasteiger partial charge in [-0.15, -0.1) is 0 Å². The number of carbonyl (C=O) groups is 2. The number of aryl methyl sites for hydroxylation is 1. The highest BCUT2D eigenvalue weighted by Gasteiger charge is 2.32. The standard InChI is InChI=1S/C12H11N3O2/c1-15-6-8(7-4-2-3-5-9(7)15)10-11(16)14-12(17)13-10/h2-6,10H,1H3,(H2,13,14,16,17). The van der Waals surface area contributed by atoms with E-state index in [1.165, 1.54) is 0 Å². The monoisotopic (exact) mass is 229 g/mol. The first-order chi connectivity index (χ1) is 8.16. The number of amides is 3. The molecule has 0 saturated carbocycles. The zero-order valence-electron chi connectivity index (χ0n) is 9.23. The number of aromatic nitrogens is 1. The van der Waals surface area contributed by atoms with E-state index in [9.17, 15) is 9.59 Å². The molecule has 1 aliphatic rings. The van der Waals surface area contributed by atoms with E-state index in [2.05, 4.69) is 10.6 Å². The number of hydrogen-bond acceptors (Lipinski definition) is 2. The van der Waals surface area contributed by atoms with Crippen molar-refractivity contribution >= 4 is 22.8 Å². The van der Waals surface area contributed by atoms with E-state index in [4.69, 9.17) is 0 Å². The Morgan fingerprint density at radius 2 is 2.00 bits per heavy atom. The van der Waals surface area contributed by atoms with Gasteiger partial charge in [0.25, 0.3) is 5.91 Å². The minimum atomic E-state index is -0.589. The zero-order chi connectivity index (χ0) is 12.0. The SMILES string of the molecule is Cn1cc(C2NC(=O)NC2=O)c2ccccc21. The van der Waals surface area contributed by atoms with E-state index in [0.29, 0.717) is 0 Å². The maximum atomic E-state index is 11.6. The Bertz CT molecular complexity index is 630. The molecule has 2 aromatic rings. The van der Waals surface area contributed by atoms with Gasteiger partial charge in [-0.3, -0.25) is 10.1 Å². The molecule has 3 amide bonds. The molecule has 17 heavy (non-hydrogen) atoms. The third-order valence-corrected chi connectivity index (χ3v) is 3.01. The maximum Gasteiger partial charge on any atom is 0.322 e. The fourth-order valence-corrected chi connectivity index (χ4v) is 2.24. The van der Waals surface area contributed by atoms with Crippen molar-refractivity contribution in [2.24, 2.45) is 7.05 Å². The van der Waals surface area contributed by atoms with Gasteiger partial charge in [0.05, 0.1) is 0 Å². The minimum absolute atomic E-state index is 0.300. The summed E-state index contributed by atoms with van der Waals surface area (Å²) in [6.45, 7) is 0. The summed E-state index contributed by atoms with van der Waals surface area (Å²) in [5, 5.41) is 5.84. The number of rotatable bonds is 1. The highest BCUT2D eigenvalue weighted by molar-refractivity contribution is 6.06. The molecule has 1 aliphatic heterocycles. The molecule has 0 bridgehead atoms.